The van der Waals surface area contributed by atoms with E-state index in [0.717, 1.165) is 38.4 Å². The van der Waals surface area contributed by atoms with Gasteiger partial charge in [0.05, 0.1) is 13.7 Å². The van der Waals surface area contributed by atoms with Gasteiger partial charge in [-0.15, -0.1) is 11.3 Å². The van der Waals surface area contributed by atoms with Crippen molar-refractivity contribution in [2.24, 2.45) is 0 Å². The van der Waals surface area contributed by atoms with Gasteiger partial charge in [-0.25, -0.2) is 0 Å². The van der Waals surface area contributed by atoms with Gasteiger partial charge in [-0.1, -0.05) is 6.92 Å². The molecule has 0 spiro atoms. The topological polar surface area (TPSA) is 55.8 Å². The van der Waals surface area contributed by atoms with E-state index in [1.807, 2.05) is 42.5 Å². The standard InChI is InChI=1S/C25H22O4S/c1-3-14-29-19-10-6-17(7-11-19)25-23(24(27)16-4-8-18(26)9-5-16)21-13-12-20(28-2)15-22(21)30-25/h4-13,15,26H,3,14H2,1-2H3. The number of carbonyl (C=O) groups excluding carboxylic acids is 1. The van der Waals surface area contributed by atoms with Gasteiger partial charge in [-0.3, -0.25) is 4.79 Å². The summed E-state index contributed by atoms with van der Waals surface area (Å²) in [5.74, 6) is 1.62. The minimum Gasteiger partial charge on any atom is -0.508 e. The lowest BCUT2D eigenvalue weighted by molar-refractivity contribution is 0.104. The number of thiophene rings is 1. The number of benzene rings is 3. The van der Waals surface area contributed by atoms with Crippen LogP contribution < -0.4 is 9.47 Å². The molecule has 0 saturated heterocycles. The summed E-state index contributed by atoms with van der Waals surface area (Å²) in [5.41, 5.74) is 2.15. The molecule has 4 nitrogen and oxygen atoms in total. The number of phenolic OH excluding ortho intramolecular Hbond substituents is 1. The quantitative estimate of drug-likeness (QED) is 0.358. The molecule has 0 saturated carbocycles. The van der Waals surface area contributed by atoms with Crippen LogP contribution in [-0.4, -0.2) is 24.6 Å². The maximum atomic E-state index is 13.5. The lowest BCUT2D eigenvalue weighted by Crippen LogP contribution is -2.02. The van der Waals surface area contributed by atoms with Crippen LogP contribution in [0.25, 0.3) is 20.5 Å². The van der Waals surface area contributed by atoms with E-state index in [2.05, 4.69) is 6.92 Å². The Hall–Kier alpha value is -3.31. The average molecular weight is 419 g/mol. The van der Waals surface area contributed by atoms with Gasteiger partial charge >= 0.3 is 0 Å². The number of carbonyl (C=O) groups is 1. The van der Waals surface area contributed by atoms with E-state index in [9.17, 15) is 9.90 Å². The van der Waals surface area contributed by atoms with Crippen LogP contribution >= 0.6 is 11.3 Å². The molecule has 0 unspecified atom stereocenters. The minimum atomic E-state index is -0.0762. The predicted octanol–water partition coefficient (Wildman–Crippen LogP) is 6.30. The fourth-order valence-electron chi connectivity index (χ4n) is 3.31. The molecule has 4 rings (SSSR count). The van der Waals surface area contributed by atoms with Gasteiger partial charge in [-0.2, -0.15) is 0 Å². The maximum absolute atomic E-state index is 13.5. The predicted molar refractivity (Wildman–Crippen MR) is 121 cm³/mol. The normalized spacial score (nSPS) is 10.9. The summed E-state index contributed by atoms with van der Waals surface area (Å²) in [7, 11) is 1.63. The van der Waals surface area contributed by atoms with Crippen LogP contribution in [0.15, 0.2) is 66.7 Å². The number of hydrogen-bond acceptors (Lipinski definition) is 5. The van der Waals surface area contributed by atoms with Crippen LogP contribution in [0, 0.1) is 0 Å². The molecule has 0 fully saturated rings. The number of hydrogen-bond donors (Lipinski definition) is 1. The lowest BCUT2D eigenvalue weighted by atomic mass is 9.97. The second kappa shape index (κ2) is 8.59. The molecule has 1 heterocycles. The molecule has 0 amide bonds. The second-order valence-electron chi connectivity index (χ2n) is 6.92. The lowest BCUT2D eigenvalue weighted by Gasteiger charge is -2.08. The Kier molecular flexibility index (Phi) is 5.72. The van der Waals surface area contributed by atoms with Crippen LogP contribution in [0.3, 0.4) is 0 Å². The van der Waals surface area contributed by atoms with Crippen LogP contribution in [0.5, 0.6) is 17.2 Å². The minimum absolute atomic E-state index is 0.0762. The van der Waals surface area contributed by atoms with E-state index in [1.54, 1.807) is 30.6 Å². The van der Waals surface area contributed by atoms with Gasteiger partial charge in [0.1, 0.15) is 17.2 Å². The van der Waals surface area contributed by atoms with Gasteiger partial charge < -0.3 is 14.6 Å². The number of methoxy groups -OCH3 is 1. The first-order valence-electron chi connectivity index (χ1n) is 9.78. The Morgan fingerprint density at radius 2 is 1.67 bits per heavy atom. The Bertz CT molecular complexity index is 1170. The first-order valence-corrected chi connectivity index (χ1v) is 10.6. The summed E-state index contributed by atoms with van der Waals surface area (Å²) in [6, 6.07) is 20.0. The highest BCUT2D eigenvalue weighted by Crippen LogP contribution is 2.41. The molecule has 0 aliphatic rings. The summed E-state index contributed by atoms with van der Waals surface area (Å²) in [4.78, 5) is 14.4. The zero-order valence-electron chi connectivity index (χ0n) is 16.8. The van der Waals surface area contributed by atoms with Crippen molar-refractivity contribution in [3.05, 3.63) is 77.9 Å². The van der Waals surface area contributed by atoms with Crippen molar-refractivity contribution in [3.8, 4) is 27.7 Å². The van der Waals surface area contributed by atoms with E-state index in [4.69, 9.17) is 9.47 Å². The molecule has 4 aromatic rings. The molecule has 0 aliphatic carbocycles. The summed E-state index contributed by atoms with van der Waals surface area (Å²) in [6.07, 6.45) is 0.950. The molecule has 0 bridgehead atoms. The Morgan fingerprint density at radius 3 is 2.33 bits per heavy atom. The van der Waals surface area contributed by atoms with Crippen LogP contribution in [0.2, 0.25) is 0 Å². The zero-order chi connectivity index (χ0) is 21.1. The SMILES string of the molecule is CCCOc1ccc(-c2sc3cc(OC)ccc3c2C(=O)c2ccc(O)cc2)cc1. The molecule has 0 aliphatic heterocycles. The largest absolute Gasteiger partial charge is 0.508 e. The highest BCUT2D eigenvalue weighted by molar-refractivity contribution is 7.22. The van der Waals surface area contributed by atoms with E-state index >= 15 is 0 Å². The van der Waals surface area contributed by atoms with Gasteiger partial charge in [0.15, 0.2) is 5.78 Å². The second-order valence-corrected chi connectivity index (χ2v) is 7.97. The first kappa shape index (κ1) is 20.0. The molecule has 30 heavy (non-hydrogen) atoms. The molecule has 3 aromatic carbocycles. The fourth-order valence-corrected chi connectivity index (χ4v) is 4.55. The molecule has 152 valence electrons. The number of aromatic hydroxyl groups is 1. The third-order valence-corrected chi connectivity index (χ3v) is 6.04. The third kappa shape index (κ3) is 3.89. The highest BCUT2D eigenvalue weighted by atomic mass is 32.1. The van der Waals surface area contributed by atoms with Crippen molar-refractivity contribution in [1.82, 2.24) is 0 Å². The van der Waals surface area contributed by atoms with Gasteiger partial charge in [0.2, 0.25) is 0 Å². The van der Waals surface area contributed by atoms with Crippen molar-refractivity contribution >= 4 is 27.2 Å². The van der Waals surface area contributed by atoms with Crippen molar-refractivity contribution in [2.75, 3.05) is 13.7 Å². The summed E-state index contributed by atoms with van der Waals surface area (Å²) >= 11 is 1.57. The van der Waals surface area contributed by atoms with Crippen molar-refractivity contribution in [2.45, 2.75) is 13.3 Å². The molecule has 1 N–H and O–H groups in total. The number of rotatable bonds is 7. The molecular formula is C25H22O4S. The van der Waals surface area contributed by atoms with Gasteiger partial charge in [-0.05, 0) is 78.7 Å². The van der Waals surface area contributed by atoms with E-state index in [1.165, 1.54) is 12.1 Å². The Balaban J connectivity index is 1.84. The number of ketones is 1. The number of fused-ring (bicyclic) bond motifs is 1. The van der Waals surface area contributed by atoms with E-state index in [-0.39, 0.29) is 11.5 Å². The molecular weight excluding hydrogens is 396 g/mol. The number of ether oxygens (including phenoxy) is 2. The van der Waals surface area contributed by atoms with Crippen LogP contribution in [0.1, 0.15) is 29.3 Å². The molecule has 5 heteroatoms. The van der Waals surface area contributed by atoms with Gasteiger partial charge in [0, 0.05) is 26.1 Å². The average Bonchev–Trinajstić information content (AvgIpc) is 3.16. The number of phenols is 1. The zero-order valence-corrected chi connectivity index (χ0v) is 17.7. The van der Waals surface area contributed by atoms with Crippen molar-refractivity contribution < 1.29 is 19.4 Å². The maximum Gasteiger partial charge on any atom is 0.195 e. The summed E-state index contributed by atoms with van der Waals surface area (Å²) in [5, 5.41) is 10.5. The first-order chi connectivity index (χ1) is 14.6. The van der Waals surface area contributed by atoms with Crippen LogP contribution in [0.4, 0.5) is 0 Å². The Labute approximate surface area is 179 Å². The third-order valence-electron chi connectivity index (χ3n) is 4.84. The monoisotopic (exact) mass is 418 g/mol. The highest BCUT2D eigenvalue weighted by Gasteiger charge is 2.22. The Morgan fingerprint density at radius 1 is 0.967 bits per heavy atom. The summed E-state index contributed by atoms with van der Waals surface area (Å²) in [6.45, 7) is 2.74. The van der Waals surface area contributed by atoms with Crippen molar-refractivity contribution in [3.63, 3.8) is 0 Å². The fraction of sp³-hybridized carbons (Fsp3) is 0.160. The van der Waals surface area contributed by atoms with Gasteiger partial charge in [0.25, 0.3) is 0 Å². The summed E-state index contributed by atoms with van der Waals surface area (Å²) < 4.78 is 12.0. The van der Waals surface area contributed by atoms with E-state index < -0.39 is 0 Å². The smallest absolute Gasteiger partial charge is 0.195 e. The molecule has 1 aromatic heterocycles. The molecule has 0 radical (unpaired) electrons. The molecule has 0 atom stereocenters. The van der Waals surface area contributed by atoms with Crippen molar-refractivity contribution in [1.29, 1.82) is 0 Å². The van der Waals surface area contributed by atoms with E-state index in [0.29, 0.717) is 17.7 Å². The van der Waals surface area contributed by atoms with Crippen LogP contribution in [-0.2, 0) is 0 Å².